The van der Waals surface area contributed by atoms with Crippen molar-refractivity contribution in [1.82, 2.24) is 40.0 Å². The van der Waals surface area contributed by atoms with Gasteiger partial charge in [0.2, 0.25) is 29.5 Å². The molecule has 2 aliphatic rings. The Bertz CT molecular complexity index is 3500. The number of rotatable bonds is 18. The highest BCUT2D eigenvalue weighted by molar-refractivity contribution is 6.31. The molecule has 8 N–H and O–H groups in total. The third kappa shape index (κ3) is 17.6. The molecule has 0 radical (unpaired) electrons. The number of azide groups is 1. The maximum atomic E-state index is 14.2. The van der Waals surface area contributed by atoms with E-state index in [9.17, 15) is 47.1 Å². The van der Waals surface area contributed by atoms with E-state index in [0.717, 1.165) is 12.8 Å². The highest BCUT2D eigenvalue weighted by Gasteiger charge is 2.36. The molecule has 0 bridgehead atoms. The minimum atomic E-state index is -0.850. The first-order valence-electron chi connectivity index (χ1n) is 25.4. The summed E-state index contributed by atoms with van der Waals surface area (Å²) in [6.07, 6.45) is 2.21. The Morgan fingerprint density at radius 1 is 0.720 bits per heavy atom. The first-order chi connectivity index (χ1) is 38.5. The quantitative estimate of drug-likeness (QED) is 0.0287. The first-order valence-corrected chi connectivity index (χ1v) is 26.2. The zero-order valence-electron chi connectivity index (χ0n) is 45.5. The van der Waals surface area contributed by atoms with E-state index in [0.29, 0.717) is 34.8 Å². The number of halogens is 4. The van der Waals surface area contributed by atoms with Crippen LogP contribution in [0.25, 0.3) is 32.2 Å². The zero-order chi connectivity index (χ0) is 60.4. The predicted molar refractivity (Wildman–Crippen MR) is 298 cm³/mol. The summed E-state index contributed by atoms with van der Waals surface area (Å²) in [4.78, 5) is 105. The fourth-order valence-corrected chi connectivity index (χ4v) is 8.30. The molecule has 2 saturated carbocycles. The number of amides is 8. The summed E-state index contributed by atoms with van der Waals surface area (Å²) in [5.74, 6) is -5.54. The molecule has 6 aromatic rings. The molecule has 0 unspecified atom stereocenters. The van der Waals surface area contributed by atoms with E-state index in [1.165, 1.54) is 61.6 Å². The van der Waals surface area contributed by atoms with Crippen LogP contribution < -0.4 is 27.4 Å². The van der Waals surface area contributed by atoms with Gasteiger partial charge in [-0.25, -0.2) is 13.6 Å². The minimum Gasteiger partial charge on any atom is -0.444 e. The van der Waals surface area contributed by atoms with Crippen LogP contribution in [0, 0.1) is 11.6 Å². The maximum Gasteiger partial charge on any atom is 0.412 e. The van der Waals surface area contributed by atoms with Crippen molar-refractivity contribution in [2.24, 2.45) is 16.6 Å². The van der Waals surface area contributed by atoms with Crippen molar-refractivity contribution in [2.75, 3.05) is 18.4 Å². The lowest BCUT2D eigenvalue weighted by atomic mass is 10.1. The minimum absolute atomic E-state index is 0.0293. The number of benzene rings is 4. The first kappa shape index (κ1) is 62.5. The third-order valence-electron chi connectivity index (χ3n) is 11.8. The number of nitrogens with zero attached hydrogens (tertiary/aromatic N) is 9. The van der Waals surface area contributed by atoms with E-state index < -0.39 is 70.3 Å². The molecule has 24 nitrogen and oxygen atoms in total. The van der Waals surface area contributed by atoms with Gasteiger partial charge in [0.25, 0.3) is 11.8 Å². The maximum absolute atomic E-state index is 14.2. The number of hydrogen-bond acceptors (Lipinski definition) is 12. The van der Waals surface area contributed by atoms with E-state index in [2.05, 4.69) is 36.2 Å². The summed E-state index contributed by atoms with van der Waals surface area (Å²) < 4.78 is 36.1. The summed E-state index contributed by atoms with van der Waals surface area (Å²) in [6, 6.07) is 17.5. The zero-order valence-corrected chi connectivity index (χ0v) is 47.0. The Morgan fingerprint density at radius 3 is 1.55 bits per heavy atom. The van der Waals surface area contributed by atoms with E-state index in [1.54, 1.807) is 71.9 Å². The number of aliphatic hydroxyl groups is 1. The second kappa shape index (κ2) is 26.7. The molecule has 2 heterocycles. The van der Waals surface area contributed by atoms with Crippen LogP contribution >= 0.6 is 23.2 Å². The van der Waals surface area contributed by atoms with Crippen LogP contribution in [-0.2, 0) is 50.1 Å². The largest absolute Gasteiger partial charge is 0.444 e. The number of nitrogens with two attached hydrogens (primary N) is 2. The Hall–Kier alpha value is -8.71. The molecule has 2 aromatic heterocycles. The molecule has 0 aliphatic heterocycles. The molecule has 2 aliphatic carbocycles. The smallest absolute Gasteiger partial charge is 0.412 e. The van der Waals surface area contributed by atoms with Crippen LogP contribution in [-0.4, -0.2) is 118 Å². The Kier molecular flexibility index (Phi) is 20.4. The number of hydrogen-bond donors (Lipinski definition) is 6. The molecule has 0 spiro atoms. The number of ether oxygens (including phenoxy) is 1. The summed E-state index contributed by atoms with van der Waals surface area (Å²) in [5, 5.41) is 28.4. The summed E-state index contributed by atoms with van der Waals surface area (Å²) >= 11 is 11.6. The summed E-state index contributed by atoms with van der Waals surface area (Å²) in [6.45, 7) is 9.09. The second-order valence-electron chi connectivity index (χ2n) is 21.0. The van der Waals surface area contributed by atoms with Crippen LogP contribution in [0.4, 0.5) is 19.3 Å². The van der Waals surface area contributed by atoms with Gasteiger partial charge in [0.15, 0.2) is 11.4 Å². The second-order valence-corrected chi connectivity index (χ2v) is 21.8. The van der Waals surface area contributed by atoms with Crippen LogP contribution in [0.1, 0.15) is 110 Å². The van der Waals surface area contributed by atoms with Gasteiger partial charge in [-0.2, -0.15) is 10.2 Å². The summed E-state index contributed by atoms with van der Waals surface area (Å²) in [7, 11) is 0. The number of fused-ring (bicyclic) bond motifs is 2. The van der Waals surface area contributed by atoms with Gasteiger partial charge >= 0.3 is 6.09 Å². The van der Waals surface area contributed by atoms with Crippen molar-refractivity contribution in [2.45, 2.75) is 117 Å². The normalized spacial score (nSPS) is 12.8. The molecule has 8 rings (SSSR count). The average molecular weight is 1170 g/mol. The monoisotopic (exact) mass is 1170 g/mol. The van der Waals surface area contributed by atoms with Crippen LogP contribution in [0.5, 0.6) is 0 Å². The molecule has 2 fully saturated rings. The molecule has 28 heteroatoms. The average Bonchev–Trinajstić information content (AvgIpc) is 3.65. The molecule has 0 atom stereocenters. The number of anilines is 1. The van der Waals surface area contributed by atoms with Crippen LogP contribution in [0.3, 0.4) is 0 Å². The van der Waals surface area contributed by atoms with Crippen molar-refractivity contribution in [3.63, 3.8) is 0 Å². The van der Waals surface area contributed by atoms with Gasteiger partial charge in [-0.15, -0.1) is 0 Å². The van der Waals surface area contributed by atoms with Crippen molar-refractivity contribution in [3.8, 4) is 0 Å². The number of carbonyl (C=O) groups is 8. The van der Waals surface area contributed by atoms with Crippen molar-refractivity contribution < 1.29 is 57.0 Å². The summed E-state index contributed by atoms with van der Waals surface area (Å²) in [5.41, 5.74) is 19.6. The highest BCUT2D eigenvalue weighted by atomic mass is 35.5. The lowest BCUT2D eigenvalue weighted by Gasteiger charge is -2.22. The van der Waals surface area contributed by atoms with Crippen molar-refractivity contribution >= 4 is 98.1 Å². The number of primary amides is 2. The van der Waals surface area contributed by atoms with Gasteiger partial charge in [-0.1, -0.05) is 53.5 Å². The van der Waals surface area contributed by atoms with E-state index in [-0.39, 0.29) is 95.0 Å². The molecular weight excluding hydrogens is 1110 g/mol. The van der Waals surface area contributed by atoms with Gasteiger partial charge < -0.3 is 41.7 Å². The predicted octanol–water partition coefficient (Wildman–Crippen LogP) is 7.04. The highest BCUT2D eigenvalue weighted by Crippen LogP contribution is 2.30. The van der Waals surface area contributed by atoms with Crippen LogP contribution in [0.2, 0.25) is 10.0 Å². The van der Waals surface area contributed by atoms with Gasteiger partial charge in [-0.05, 0) is 120 Å². The lowest BCUT2D eigenvalue weighted by Crippen LogP contribution is -2.43. The Balaban J connectivity index is 0.000000244. The standard InChI is InChI=1S/C27H30ClFN6O5.C23H20ClFN8O4.C4H10O/c1-27(2,3)40-26(39)32-16-7-10-18-20(11-16)35(33-24(18)25(30)38)14-22(37)34(17-8-9-17)13-21(36)31-12-15-5-4-6-19(28)23(15)29;24-16-3-1-2-13(20(16)25)9-28-18(34)10-32(14-5-6-14)19(35)11-33-17-8-12(23(37)29-31-27)4-7-15(17)21(30-33)22(26)36;1-4(2,3)5/h4-7,10-11,17H,8-9,12-14H2,1-3H3,(H2,30,38)(H,31,36)(H,32,39);1-4,7-8,14H,5-6,9-11H2,(H2,26,36)(H,28,34);5H,1-3H3. The number of nitrogens with one attached hydrogen (secondary N) is 3. The van der Waals surface area contributed by atoms with Crippen molar-refractivity contribution in [1.29, 1.82) is 0 Å². The Labute approximate surface area is 478 Å². The molecule has 8 amide bonds. The lowest BCUT2D eigenvalue weighted by molar-refractivity contribution is -0.137. The fourth-order valence-electron chi connectivity index (χ4n) is 7.91. The topological polar surface area (TPSA) is 345 Å². The Morgan fingerprint density at radius 2 is 1.15 bits per heavy atom. The van der Waals surface area contributed by atoms with E-state index in [1.807, 2.05) is 0 Å². The van der Waals surface area contributed by atoms with Gasteiger partial charge in [0, 0.05) is 63.2 Å². The van der Waals surface area contributed by atoms with E-state index in [4.69, 9.17) is 50.0 Å². The molecule has 434 valence electrons. The van der Waals surface area contributed by atoms with Crippen molar-refractivity contribution in [3.05, 3.63) is 133 Å². The molecule has 82 heavy (non-hydrogen) atoms. The van der Waals surface area contributed by atoms with Gasteiger partial charge in [0.1, 0.15) is 30.3 Å². The van der Waals surface area contributed by atoms with Gasteiger partial charge in [0.05, 0.1) is 39.8 Å². The molecule has 4 aromatic carbocycles. The number of aromatic nitrogens is 4. The molecule has 0 saturated heterocycles. The third-order valence-corrected chi connectivity index (χ3v) is 12.4. The van der Waals surface area contributed by atoms with Crippen LogP contribution in [0.15, 0.2) is 77.9 Å². The fraction of sp³-hybridized carbons (Fsp3) is 0.370. The number of carbonyl (C=O) groups excluding carboxylic acids is 8. The van der Waals surface area contributed by atoms with E-state index >= 15 is 0 Å². The SMILES string of the molecule is CC(C)(C)O.CC(C)(C)OC(=O)Nc1ccc2c(C(N)=O)nn(CC(=O)N(CC(=O)NCc3cccc(Cl)c3F)C3CC3)c2c1.[N-]=[N+]=NC(=O)c1ccc2c(C(N)=O)nn(CC(=O)N(CC(=O)NCc3cccc(Cl)c3F)C3CC3)c2c1. The van der Waals surface area contributed by atoms with Gasteiger partial charge in [-0.3, -0.25) is 48.2 Å². The molecular formula is C54H60Cl2F2N14O10.